The van der Waals surface area contributed by atoms with E-state index in [9.17, 15) is 5.11 Å². The summed E-state index contributed by atoms with van der Waals surface area (Å²) in [6, 6.07) is 0.259. The van der Waals surface area contributed by atoms with Crippen molar-refractivity contribution < 1.29 is 5.11 Å². The van der Waals surface area contributed by atoms with Gasteiger partial charge < -0.3 is 16.2 Å². The normalized spacial score (nSPS) is 35.0. The number of nitrogens with one attached hydrogen (secondary N) is 1. The molecule has 3 heteroatoms. The number of hydrogen-bond acceptors (Lipinski definition) is 3. The molecule has 2 rings (SSSR count). The Balaban J connectivity index is 2.03. The van der Waals surface area contributed by atoms with Gasteiger partial charge in [-0.25, -0.2) is 0 Å². The highest BCUT2D eigenvalue weighted by Crippen LogP contribution is 2.42. The van der Waals surface area contributed by atoms with Crippen LogP contribution in [0.3, 0.4) is 0 Å². The Morgan fingerprint density at radius 1 is 1.42 bits per heavy atom. The van der Waals surface area contributed by atoms with Gasteiger partial charge in [0.2, 0.25) is 0 Å². The number of rotatable bonds is 3. The Morgan fingerprint density at radius 2 is 2.17 bits per heavy atom. The largest absolute Gasteiger partial charge is 0.387 e. The van der Waals surface area contributed by atoms with Gasteiger partial charge in [0, 0.05) is 12.6 Å². The molecule has 1 saturated heterocycles. The molecule has 0 aromatic carbocycles. The Hall–Kier alpha value is -0.120. The maximum atomic E-state index is 10.3. The van der Waals surface area contributed by atoms with Crippen molar-refractivity contribution in [3.05, 3.63) is 0 Å². The third-order valence-electron chi connectivity index (χ3n) is 3.28. The van der Waals surface area contributed by atoms with E-state index in [1.54, 1.807) is 0 Å². The molecule has 1 heterocycles. The van der Waals surface area contributed by atoms with E-state index in [1.165, 1.54) is 6.42 Å². The predicted molar refractivity (Wildman–Crippen MR) is 47.8 cm³/mol. The van der Waals surface area contributed by atoms with Gasteiger partial charge in [-0.2, -0.15) is 0 Å². The summed E-state index contributed by atoms with van der Waals surface area (Å²) in [5.41, 5.74) is 5.04. The number of nitrogens with two attached hydrogens (primary N) is 1. The van der Waals surface area contributed by atoms with Crippen molar-refractivity contribution in [3.8, 4) is 0 Å². The van der Waals surface area contributed by atoms with Crippen LogP contribution in [0.2, 0.25) is 0 Å². The summed E-state index contributed by atoms with van der Waals surface area (Å²) in [5, 5.41) is 13.6. The summed E-state index contributed by atoms with van der Waals surface area (Å²) in [7, 11) is 0. The van der Waals surface area contributed by atoms with E-state index in [4.69, 9.17) is 5.73 Å². The molecule has 1 aliphatic heterocycles. The van der Waals surface area contributed by atoms with Crippen LogP contribution in [0, 0.1) is 5.92 Å². The highest BCUT2D eigenvalue weighted by Gasteiger charge is 2.48. The fraction of sp³-hybridized carbons (Fsp3) is 1.00. The summed E-state index contributed by atoms with van der Waals surface area (Å²) < 4.78 is 0. The third-order valence-corrected chi connectivity index (χ3v) is 3.28. The van der Waals surface area contributed by atoms with E-state index in [1.807, 2.05) is 0 Å². The second-order valence-corrected chi connectivity index (χ2v) is 4.12. The lowest BCUT2D eigenvalue weighted by atomic mass is 9.88. The minimum atomic E-state index is -0.601. The standard InChI is InChI=1S/C9H18N2O/c10-6-9(12,7-3-4-7)8-2-1-5-11-8/h7-8,11-12H,1-6,10H2. The first-order chi connectivity index (χ1) is 5.77. The van der Waals surface area contributed by atoms with E-state index in [0.29, 0.717) is 12.5 Å². The highest BCUT2D eigenvalue weighted by molar-refractivity contribution is 5.04. The van der Waals surface area contributed by atoms with Gasteiger partial charge in [-0.3, -0.25) is 0 Å². The van der Waals surface area contributed by atoms with Gasteiger partial charge in [-0.15, -0.1) is 0 Å². The molecular weight excluding hydrogens is 152 g/mol. The first kappa shape index (κ1) is 8.48. The second-order valence-electron chi connectivity index (χ2n) is 4.12. The molecule has 70 valence electrons. The molecule has 0 amide bonds. The SMILES string of the molecule is NCC(O)(C1CC1)C1CCCN1. The summed E-state index contributed by atoms with van der Waals surface area (Å²) >= 11 is 0. The van der Waals surface area contributed by atoms with Gasteiger partial charge in [-0.05, 0) is 38.1 Å². The lowest BCUT2D eigenvalue weighted by Crippen LogP contribution is -2.54. The van der Waals surface area contributed by atoms with Crippen LogP contribution in [0.15, 0.2) is 0 Å². The molecule has 0 aromatic rings. The van der Waals surface area contributed by atoms with Gasteiger partial charge >= 0.3 is 0 Å². The summed E-state index contributed by atoms with van der Waals surface area (Å²) in [4.78, 5) is 0. The van der Waals surface area contributed by atoms with Crippen LogP contribution in [0.4, 0.5) is 0 Å². The van der Waals surface area contributed by atoms with Crippen molar-refractivity contribution in [1.82, 2.24) is 5.32 Å². The van der Waals surface area contributed by atoms with Crippen LogP contribution in [0.5, 0.6) is 0 Å². The smallest absolute Gasteiger partial charge is 0.0949 e. The maximum absolute atomic E-state index is 10.3. The van der Waals surface area contributed by atoms with E-state index in [-0.39, 0.29) is 6.04 Å². The topological polar surface area (TPSA) is 58.3 Å². The minimum absolute atomic E-state index is 0.259. The van der Waals surface area contributed by atoms with Crippen LogP contribution in [-0.4, -0.2) is 29.8 Å². The Kier molecular flexibility index (Phi) is 2.10. The number of aliphatic hydroxyl groups is 1. The van der Waals surface area contributed by atoms with Crippen LogP contribution in [0.1, 0.15) is 25.7 Å². The van der Waals surface area contributed by atoms with E-state index in [0.717, 1.165) is 25.8 Å². The zero-order valence-corrected chi connectivity index (χ0v) is 7.42. The zero-order valence-electron chi connectivity index (χ0n) is 7.42. The van der Waals surface area contributed by atoms with E-state index >= 15 is 0 Å². The maximum Gasteiger partial charge on any atom is 0.0949 e. The third kappa shape index (κ3) is 1.26. The van der Waals surface area contributed by atoms with Gasteiger partial charge in [-0.1, -0.05) is 0 Å². The van der Waals surface area contributed by atoms with Crippen molar-refractivity contribution in [2.45, 2.75) is 37.3 Å². The Morgan fingerprint density at radius 3 is 2.58 bits per heavy atom. The highest BCUT2D eigenvalue weighted by atomic mass is 16.3. The zero-order chi connectivity index (χ0) is 8.60. The monoisotopic (exact) mass is 170 g/mol. The van der Waals surface area contributed by atoms with Crippen LogP contribution < -0.4 is 11.1 Å². The average molecular weight is 170 g/mol. The fourth-order valence-electron chi connectivity index (χ4n) is 2.29. The molecule has 0 radical (unpaired) electrons. The van der Waals surface area contributed by atoms with Crippen LogP contribution >= 0.6 is 0 Å². The van der Waals surface area contributed by atoms with Crippen LogP contribution in [-0.2, 0) is 0 Å². The molecule has 0 bridgehead atoms. The summed E-state index contributed by atoms with van der Waals surface area (Å²) in [6.07, 6.45) is 4.58. The van der Waals surface area contributed by atoms with E-state index in [2.05, 4.69) is 5.32 Å². The molecule has 2 atom stereocenters. The quantitative estimate of drug-likeness (QED) is 0.551. The predicted octanol–water partition coefficient (Wildman–Crippen LogP) is -0.162. The molecular formula is C9H18N2O. The van der Waals surface area contributed by atoms with Gasteiger partial charge in [0.25, 0.3) is 0 Å². The minimum Gasteiger partial charge on any atom is -0.387 e. The van der Waals surface area contributed by atoms with Crippen molar-refractivity contribution in [2.24, 2.45) is 11.7 Å². The first-order valence-electron chi connectivity index (χ1n) is 4.93. The average Bonchev–Trinajstić information content (AvgIpc) is 2.80. The summed E-state index contributed by atoms with van der Waals surface area (Å²) in [6.45, 7) is 1.45. The van der Waals surface area contributed by atoms with Crippen LogP contribution in [0.25, 0.3) is 0 Å². The molecule has 2 aliphatic rings. The molecule has 4 N–H and O–H groups in total. The lowest BCUT2D eigenvalue weighted by Gasteiger charge is -2.33. The van der Waals surface area contributed by atoms with Crippen molar-refractivity contribution in [3.63, 3.8) is 0 Å². The molecule has 0 aromatic heterocycles. The fourth-order valence-corrected chi connectivity index (χ4v) is 2.29. The molecule has 1 saturated carbocycles. The van der Waals surface area contributed by atoms with Gasteiger partial charge in [0.1, 0.15) is 0 Å². The molecule has 0 spiro atoms. The molecule has 2 fully saturated rings. The Labute approximate surface area is 73.3 Å². The van der Waals surface area contributed by atoms with Crippen molar-refractivity contribution in [1.29, 1.82) is 0 Å². The molecule has 1 aliphatic carbocycles. The van der Waals surface area contributed by atoms with Gasteiger partial charge in [0.15, 0.2) is 0 Å². The second kappa shape index (κ2) is 2.98. The van der Waals surface area contributed by atoms with Crippen molar-refractivity contribution >= 4 is 0 Å². The lowest BCUT2D eigenvalue weighted by molar-refractivity contribution is -0.00528. The van der Waals surface area contributed by atoms with Crippen molar-refractivity contribution in [2.75, 3.05) is 13.1 Å². The van der Waals surface area contributed by atoms with E-state index < -0.39 is 5.60 Å². The first-order valence-corrected chi connectivity index (χ1v) is 4.93. The molecule has 12 heavy (non-hydrogen) atoms. The Bertz CT molecular complexity index is 164. The summed E-state index contributed by atoms with van der Waals surface area (Å²) in [5.74, 6) is 0.470. The van der Waals surface area contributed by atoms with Gasteiger partial charge in [0.05, 0.1) is 5.60 Å². The number of hydrogen-bond donors (Lipinski definition) is 3. The molecule has 3 nitrogen and oxygen atoms in total. The molecule has 2 unspecified atom stereocenters.